The number of H-pyrrole nitrogens is 1. The molecule has 0 aliphatic heterocycles. The van der Waals surface area contributed by atoms with Crippen LogP contribution in [0.15, 0.2) is 35.1 Å². The largest absolute Gasteiger partial charge is 0.497 e. The van der Waals surface area contributed by atoms with Gasteiger partial charge in [-0.25, -0.2) is 4.98 Å². The Hall–Kier alpha value is -2.43. The van der Waals surface area contributed by atoms with E-state index >= 15 is 0 Å². The second kappa shape index (κ2) is 4.61. The van der Waals surface area contributed by atoms with Crippen LogP contribution in [0.1, 0.15) is 10.5 Å². The van der Waals surface area contributed by atoms with Crippen molar-refractivity contribution in [1.29, 1.82) is 0 Å². The van der Waals surface area contributed by atoms with Crippen molar-refractivity contribution in [1.82, 2.24) is 9.97 Å². The van der Waals surface area contributed by atoms with Gasteiger partial charge in [0.05, 0.1) is 7.11 Å². The van der Waals surface area contributed by atoms with Gasteiger partial charge in [0.2, 0.25) is 0 Å². The molecule has 1 aromatic heterocycles. The highest BCUT2D eigenvalue weighted by Gasteiger charge is 2.03. The number of benzene rings is 1. The van der Waals surface area contributed by atoms with E-state index in [-0.39, 0.29) is 11.3 Å². The van der Waals surface area contributed by atoms with E-state index in [9.17, 15) is 9.59 Å². The summed E-state index contributed by atoms with van der Waals surface area (Å²) in [4.78, 5) is 28.5. The molecular formula is C12H10N2O3. The number of hydrogen-bond acceptors (Lipinski definition) is 4. The Balaban J connectivity index is 2.48. The summed E-state index contributed by atoms with van der Waals surface area (Å²) in [6.45, 7) is 0. The van der Waals surface area contributed by atoms with E-state index in [1.807, 2.05) is 0 Å². The summed E-state index contributed by atoms with van der Waals surface area (Å²) in [7, 11) is 1.57. The molecule has 5 nitrogen and oxygen atoms in total. The number of nitrogens with one attached hydrogen (secondary N) is 1. The Morgan fingerprint density at radius 1 is 1.29 bits per heavy atom. The molecule has 0 radical (unpaired) electrons. The van der Waals surface area contributed by atoms with Gasteiger partial charge in [0.25, 0.3) is 5.56 Å². The molecule has 1 aromatic carbocycles. The highest BCUT2D eigenvalue weighted by atomic mass is 16.5. The van der Waals surface area contributed by atoms with Crippen LogP contribution in [0.4, 0.5) is 0 Å². The predicted molar refractivity (Wildman–Crippen MR) is 62.2 cm³/mol. The highest BCUT2D eigenvalue weighted by molar-refractivity contribution is 5.72. The van der Waals surface area contributed by atoms with E-state index in [0.717, 1.165) is 6.07 Å². The molecule has 1 N–H and O–H groups in total. The molecule has 5 heteroatoms. The van der Waals surface area contributed by atoms with Crippen molar-refractivity contribution in [3.63, 3.8) is 0 Å². The van der Waals surface area contributed by atoms with Crippen LogP contribution in [0.25, 0.3) is 11.4 Å². The quantitative estimate of drug-likeness (QED) is 0.805. The van der Waals surface area contributed by atoms with Crippen molar-refractivity contribution in [2.24, 2.45) is 0 Å². The average molecular weight is 230 g/mol. The van der Waals surface area contributed by atoms with Gasteiger partial charge in [0, 0.05) is 11.6 Å². The van der Waals surface area contributed by atoms with E-state index in [0.29, 0.717) is 23.4 Å². The molecule has 0 aliphatic carbocycles. The first-order valence-electron chi connectivity index (χ1n) is 4.94. The van der Waals surface area contributed by atoms with Crippen LogP contribution in [0.5, 0.6) is 5.75 Å². The zero-order valence-electron chi connectivity index (χ0n) is 9.14. The van der Waals surface area contributed by atoms with Crippen molar-refractivity contribution in [3.8, 4) is 17.1 Å². The number of aromatic amines is 1. The maximum absolute atomic E-state index is 11.3. The minimum atomic E-state index is -0.354. The third-order valence-electron chi connectivity index (χ3n) is 2.25. The average Bonchev–Trinajstić information content (AvgIpc) is 2.38. The molecule has 0 amide bonds. The van der Waals surface area contributed by atoms with Crippen LogP contribution in [-0.2, 0) is 0 Å². The number of carbonyl (C=O) groups is 1. The molecule has 0 saturated carbocycles. The molecule has 0 unspecified atom stereocenters. The summed E-state index contributed by atoms with van der Waals surface area (Å²) in [5, 5.41) is 0. The van der Waals surface area contributed by atoms with Gasteiger partial charge < -0.3 is 9.72 Å². The standard InChI is InChI=1S/C12H10N2O3/c1-17-10-4-2-8(3-5-10)12-13-9(7-15)6-11(16)14-12/h2-7H,1H3,(H,13,14,16). The van der Waals surface area contributed by atoms with E-state index in [1.54, 1.807) is 31.4 Å². The van der Waals surface area contributed by atoms with Crippen molar-refractivity contribution >= 4 is 6.29 Å². The molecule has 17 heavy (non-hydrogen) atoms. The van der Waals surface area contributed by atoms with Crippen LogP contribution in [0.2, 0.25) is 0 Å². The number of rotatable bonds is 3. The first-order valence-corrected chi connectivity index (χ1v) is 4.94. The molecule has 0 spiro atoms. The van der Waals surface area contributed by atoms with Crippen LogP contribution >= 0.6 is 0 Å². The fourth-order valence-electron chi connectivity index (χ4n) is 1.42. The second-order valence-electron chi connectivity index (χ2n) is 3.37. The number of methoxy groups -OCH3 is 1. The molecule has 0 bridgehead atoms. The molecule has 1 heterocycles. The maximum atomic E-state index is 11.3. The Morgan fingerprint density at radius 3 is 2.59 bits per heavy atom. The fraction of sp³-hybridized carbons (Fsp3) is 0.0833. The van der Waals surface area contributed by atoms with Crippen LogP contribution < -0.4 is 10.3 Å². The lowest BCUT2D eigenvalue weighted by molar-refractivity contribution is 0.111. The summed E-state index contributed by atoms with van der Waals surface area (Å²) in [5.74, 6) is 1.07. The van der Waals surface area contributed by atoms with Gasteiger partial charge in [-0.15, -0.1) is 0 Å². The van der Waals surface area contributed by atoms with Crippen molar-refractivity contribution in [2.45, 2.75) is 0 Å². The van der Waals surface area contributed by atoms with Gasteiger partial charge >= 0.3 is 0 Å². The molecule has 86 valence electrons. The Morgan fingerprint density at radius 2 is 2.00 bits per heavy atom. The SMILES string of the molecule is COc1ccc(-c2nc(C=O)cc(=O)[nH]2)cc1. The molecule has 2 aromatic rings. The lowest BCUT2D eigenvalue weighted by Crippen LogP contribution is -2.09. The Bertz CT molecular complexity index is 587. The van der Waals surface area contributed by atoms with E-state index in [4.69, 9.17) is 4.74 Å². The van der Waals surface area contributed by atoms with Crippen molar-refractivity contribution < 1.29 is 9.53 Å². The lowest BCUT2D eigenvalue weighted by Gasteiger charge is -2.03. The summed E-state index contributed by atoms with van der Waals surface area (Å²) >= 11 is 0. The Labute approximate surface area is 97.1 Å². The van der Waals surface area contributed by atoms with Crippen molar-refractivity contribution in [3.05, 3.63) is 46.4 Å². The first-order chi connectivity index (χ1) is 8.22. The maximum Gasteiger partial charge on any atom is 0.251 e. The number of aromatic nitrogens is 2. The molecule has 0 aliphatic rings. The van der Waals surface area contributed by atoms with Gasteiger partial charge in [-0.2, -0.15) is 0 Å². The third kappa shape index (κ3) is 2.39. The number of carbonyl (C=O) groups excluding carboxylic acids is 1. The van der Waals surface area contributed by atoms with E-state index in [2.05, 4.69) is 9.97 Å². The summed E-state index contributed by atoms with van der Waals surface area (Å²) in [6.07, 6.45) is 0.544. The monoisotopic (exact) mass is 230 g/mol. The predicted octanol–water partition coefficient (Wildman–Crippen LogP) is 1.26. The number of nitrogens with zero attached hydrogens (tertiary/aromatic N) is 1. The molecular weight excluding hydrogens is 220 g/mol. The van der Waals surface area contributed by atoms with E-state index in [1.165, 1.54) is 0 Å². The van der Waals surface area contributed by atoms with Crippen LogP contribution in [0.3, 0.4) is 0 Å². The Kier molecular flexibility index (Phi) is 3.00. The summed E-state index contributed by atoms with van der Waals surface area (Å²) in [5.41, 5.74) is 0.471. The second-order valence-corrected chi connectivity index (χ2v) is 3.37. The van der Waals surface area contributed by atoms with Gasteiger partial charge in [0.1, 0.15) is 17.3 Å². The fourth-order valence-corrected chi connectivity index (χ4v) is 1.42. The zero-order chi connectivity index (χ0) is 12.3. The first kappa shape index (κ1) is 11.1. The van der Waals surface area contributed by atoms with Gasteiger partial charge in [-0.3, -0.25) is 9.59 Å². The molecule has 0 atom stereocenters. The third-order valence-corrected chi connectivity index (χ3v) is 2.25. The molecule has 0 saturated heterocycles. The van der Waals surface area contributed by atoms with Crippen LogP contribution in [-0.4, -0.2) is 23.4 Å². The minimum absolute atomic E-state index is 0.111. The normalized spacial score (nSPS) is 9.94. The smallest absolute Gasteiger partial charge is 0.251 e. The highest BCUT2D eigenvalue weighted by Crippen LogP contribution is 2.18. The van der Waals surface area contributed by atoms with E-state index < -0.39 is 0 Å². The van der Waals surface area contributed by atoms with Gasteiger partial charge in [-0.1, -0.05) is 0 Å². The summed E-state index contributed by atoms with van der Waals surface area (Å²) in [6, 6.07) is 8.17. The number of hydrogen-bond donors (Lipinski definition) is 1. The van der Waals surface area contributed by atoms with Gasteiger partial charge in [-0.05, 0) is 24.3 Å². The topological polar surface area (TPSA) is 72.0 Å². The van der Waals surface area contributed by atoms with Crippen molar-refractivity contribution in [2.75, 3.05) is 7.11 Å². The lowest BCUT2D eigenvalue weighted by atomic mass is 10.2. The molecule has 2 rings (SSSR count). The van der Waals surface area contributed by atoms with Gasteiger partial charge in [0.15, 0.2) is 6.29 Å². The minimum Gasteiger partial charge on any atom is -0.497 e. The summed E-state index contributed by atoms with van der Waals surface area (Å²) < 4.78 is 5.03. The van der Waals surface area contributed by atoms with Crippen LogP contribution in [0, 0.1) is 0 Å². The zero-order valence-corrected chi connectivity index (χ0v) is 9.14. The molecule has 0 fully saturated rings. The number of aldehydes is 1. The number of ether oxygens (including phenoxy) is 1.